The van der Waals surface area contributed by atoms with Crippen molar-refractivity contribution in [3.8, 4) is 11.9 Å². The van der Waals surface area contributed by atoms with E-state index in [1.54, 1.807) is 0 Å². The Balaban J connectivity index is 2.52. The van der Waals surface area contributed by atoms with Crippen molar-refractivity contribution in [1.29, 1.82) is 0 Å². The predicted octanol–water partition coefficient (Wildman–Crippen LogP) is 4.06. The molecule has 6 heteroatoms. The van der Waals surface area contributed by atoms with Crippen molar-refractivity contribution < 1.29 is 8.85 Å². The van der Waals surface area contributed by atoms with Gasteiger partial charge in [-0.05, 0) is 51.4 Å². The Labute approximate surface area is 122 Å². The second-order valence-corrected chi connectivity index (χ2v) is 15.6. The summed E-state index contributed by atoms with van der Waals surface area (Å²) in [5.74, 6) is 0.642. The summed E-state index contributed by atoms with van der Waals surface area (Å²) in [6.07, 6.45) is 0. The van der Waals surface area contributed by atoms with E-state index in [4.69, 9.17) is 8.85 Å². The first-order valence-corrected chi connectivity index (χ1v) is 13.6. The van der Waals surface area contributed by atoms with Gasteiger partial charge >= 0.3 is 6.01 Å². The van der Waals surface area contributed by atoms with Gasteiger partial charge in [-0.1, -0.05) is 12.1 Å². The number of rotatable bonds is 4. The standard InChI is InChI=1S/C14H22N2O2Si2/c1-19(2,3)17-13-11-9-7-8-10-12(11)15-14(16-13)18-20(4,5)6/h7-10H,1-6H3. The average Bonchev–Trinajstić information content (AvgIpc) is 2.24. The van der Waals surface area contributed by atoms with Crippen LogP contribution in [0.4, 0.5) is 0 Å². The van der Waals surface area contributed by atoms with E-state index in [9.17, 15) is 0 Å². The molecule has 0 spiro atoms. The van der Waals surface area contributed by atoms with E-state index in [1.165, 1.54) is 0 Å². The summed E-state index contributed by atoms with van der Waals surface area (Å²) in [5, 5.41) is 0.942. The van der Waals surface area contributed by atoms with E-state index in [1.807, 2.05) is 24.3 Å². The van der Waals surface area contributed by atoms with E-state index in [-0.39, 0.29) is 0 Å². The van der Waals surface area contributed by atoms with Crippen LogP contribution in [0.3, 0.4) is 0 Å². The molecule has 1 heterocycles. The van der Waals surface area contributed by atoms with E-state index in [2.05, 4.69) is 49.3 Å². The summed E-state index contributed by atoms with van der Waals surface area (Å²) >= 11 is 0. The van der Waals surface area contributed by atoms with Gasteiger partial charge in [0.1, 0.15) is 0 Å². The second kappa shape index (κ2) is 5.18. The third-order valence-corrected chi connectivity index (χ3v) is 3.95. The Morgan fingerprint density at radius 2 is 1.40 bits per heavy atom. The molecule has 0 saturated carbocycles. The molecule has 0 atom stereocenters. The van der Waals surface area contributed by atoms with E-state index < -0.39 is 16.6 Å². The zero-order valence-electron chi connectivity index (χ0n) is 13.0. The fraction of sp³-hybridized carbons (Fsp3) is 0.429. The predicted molar refractivity (Wildman–Crippen MR) is 87.5 cm³/mol. The lowest BCUT2D eigenvalue weighted by Gasteiger charge is -2.22. The summed E-state index contributed by atoms with van der Waals surface area (Å²) in [6, 6.07) is 8.32. The lowest BCUT2D eigenvalue weighted by molar-refractivity contribution is 0.482. The van der Waals surface area contributed by atoms with Gasteiger partial charge < -0.3 is 8.85 Å². The van der Waals surface area contributed by atoms with Crippen LogP contribution in [0.2, 0.25) is 39.3 Å². The van der Waals surface area contributed by atoms with Crippen LogP contribution in [-0.4, -0.2) is 26.6 Å². The topological polar surface area (TPSA) is 44.2 Å². The molecule has 0 unspecified atom stereocenters. The highest BCUT2D eigenvalue weighted by Gasteiger charge is 2.22. The zero-order chi connectivity index (χ0) is 15.0. The molecule has 0 N–H and O–H groups in total. The Morgan fingerprint density at radius 1 is 0.800 bits per heavy atom. The van der Waals surface area contributed by atoms with Crippen LogP contribution < -0.4 is 8.85 Å². The fourth-order valence-electron chi connectivity index (χ4n) is 1.71. The normalized spacial score (nSPS) is 12.5. The van der Waals surface area contributed by atoms with E-state index >= 15 is 0 Å². The molecule has 1 aromatic carbocycles. The third-order valence-electron chi connectivity index (χ3n) is 2.35. The molecular weight excluding hydrogens is 284 g/mol. The van der Waals surface area contributed by atoms with Gasteiger partial charge in [-0.15, -0.1) is 0 Å². The van der Waals surface area contributed by atoms with Gasteiger partial charge in [0.05, 0.1) is 10.9 Å². The largest absolute Gasteiger partial charge is 0.531 e. The first kappa shape index (κ1) is 15.0. The van der Waals surface area contributed by atoms with Crippen LogP contribution in [-0.2, 0) is 0 Å². The molecule has 0 amide bonds. The summed E-state index contributed by atoms with van der Waals surface area (Å²) in [6.45, 7) is 12.8. The van der Waals surface area contributed by atoms with Gasteiger partial charge in [0, 0.05) is 0 Å². The number of para-hydroxylation sites is 1. The van der Waals surface area contributed by atoms with Crippen LogP contribution in [0.15, 0.2) is 24.3 Å². The summed E-state index contributed by atoms with van der Waals surface area (Å²) in [5.41, 5.74) is 0.865. The smallest absolute Gasteiger partial charge is 0.306 e. The SMILES string of the molecule is C[Si](C)(C)Oc1nc(O[Si](C)(C)C)c2ccccc2n1. The molecule has 0 radical (unpaired) electrons. The third kappa shape index (κ3) is 4.04. The molecule has 20 heavy (non-hydrogen) atoms. The average molecular weight is 307 g/mol. The highest BCUT2D eigenvalue weighted by atomic mass is 28.4. The first-order valence-electron chi connectivity index (χ1n) is 6.79. The number of aromatic nitrogens is 2. The maximum absolute atomic E-state index is 6.09. The number of hydrogen-bond donors (Lipinski definition) is 0. The highest BCUT2D eigenvalue weighted by Crippen LogP contribution is 2.27. The summed E-state index contributed by atoms with van der Waals surface area (Å²) in [7, 11) is -3.47. The van der Waals surface area contributed by atoms with E-state index in [0.717, 1.165) is 10.9 Å². The van der Waals surface area contributed by atoms with Gasteiger partial charge in [0.25, 0.3) is 0 Å². The van der Waals surface area contributed by atoms with Crippen molar-refractivity contribution in [2.24, 2.45) is 0 Å². The Bertz CT molecular complexity index is 619. The minimum Gasteiger partial charge on any atom is -0.531 e. The molecule has 4 nitrogen and oxygen atoms in total. The van der Waals surface area contributed by atoms with Crippen molar-refractivity contribution >= 4 is 27.5 Å². The number of hydrogen-bond acceptors (Lipinski definition) is 4. The lowest BCUT2D eigenvalue weighted by atomic mass is 10.2. The van der Waals surface area contributed by atoms with Crippen molar-refractivity contribution in [3.63, 3.8) is 0 Å². The molecule has 0 fully saturated rings. The number of fused-ring (bicyclic) bond motifs is 1. The fourth-order valence-corrected chi connectivity index (χ4v) is 3.09. The molecule has 1 aromatic heterocycles. The van der Waals surface area contributed by atoms with Crippen LogP contribution >= 0.6 is 0 Å². The molecule has 0 aliphatic carbocycles. The van der Waals surface area contributed by atoms with Crippen molar-refractivity contribution in [1.82, 2.24) is 9.97 Å². The van der Waals surface area contributed by atoms with E-state index in [0.29, 0.717) is 11.9 Å². The maximum Gasteiger partial charge on any atom is 0.306 e. The minimum atomic E-state index is -1.74. The molecule has 108 valence electrons. The lowest BCUT2D eigenvalue weighted by Crippen LogP contribution is -2.32. The minimum absolute atomic E-state index is 0.427. The number of benzene rings is 1. The molecule has 2 rings (SSSR count). The van der Waals surface area contributed by atoms with Gasteiger partial charge in [0.2, 0.25) is 22.5 Å². The van der Waals surface area contributed by atoms with Crippen molar-refractivity contribution in [3.05, 3.63) is 24.3 Å². The Hall–Kier alpha value is -1.41. The molecule has 0 aliphatic rings. The van der Waals surface area contributed by atoms with Crippen LogP contribution in [0.1, 0.15) is 0 Å². The Kier molecular flexibility index (Phi) is 3.88. The molecular formula is C14H22N2O2Si2. The Morgan fingerprint density at radius 3 is 2.00 bits per heavy atom. The molecule has 0 aliphatic heterocycles. The summed E-state index contributed by atoms with van der Waals surface area (Å²) in [4.78, 5) is 8.97. The van der Waals surface area contributed by atoms with Crippen LogP contribution in [0, 0.1) is 0 Å². The molecule has 0 saturated heterocycles. The highest BCUT2D eigenvalue weighted by molar-refractivity contribution is 6.70. The van der Waals surface area contributed by atoms with Crippen LogP contribution in [0.5, 0.6) is 11.9 Å². The molecule has 0 bridgehead atoms. The van der Waals surface area contributed by atoms with Gasteiger partial charge in [-0.25, -0.2) is 0 Å². The quantitative estimate of drug-likeness (QED) is 0.799. The first-order chi connectivity index (χ1) is 9.14. The zero-order valence-corrected chi connectivity index (χ0v) is 15.0. The number of nitrogens with zero attached hydrogens (tertiary/aromatic N) is 2. The molecule has 2 aromatic rings. The second-order valence-electron chi connectivity index (χ2n) is 6.76. The maximum atomic E-state index is 6.09. The van der Waals surface area contributed by atoms with Gasteiger partial charge in [-0.2, -0.15) is 9.97 Å². The summed E-state index contributed by atoms with van der Waals surface area (Å²) < 4.78 is 12.0. The van der Waals surface area contributed by atoms with Crippen molar-refractivity contribution in [2.45, 2.75) is 39.3 Å². The van der Waals surface area contributed by atoms with Crippen LogP contribution in [0.25, 0.3) is 10.9 Å². The van der Waals surface area contributed by atoms with Crippen molar-refractivity contribution in [2.75, 3.05) is 0 Å². The van der Waals surface area contributed by atoms with Gasteiger partial charge in [0.15, 0.2) is 0 Å². The monoisotopic (exact) mass is 306 g/mol. The van der Waals surface area contributed by atoms with Gasteiger partial charge in [-0.3, -0.25) is 0 Å².